The number of aromatic nitrogens is 2. The normalized spacial score (nSPS) is 10.5. The monoisotopic (exact) mass is 175 g/mol. The van der Waals surface area contributed by atoms with Gasteiger partial charge in [0.15, 0.2) is 5.78 Å². The van der Waals surface area contributed by atoms with Gasteiger partial charge in [0.2, 0.25) is 0 Å². The third kappa shape index (κ3) is 1.31. The molecule has 0 atom stereocenters. The second-order valence-corrected chi connectivity index (χ2v) is 2.72. The molecule has 0 radical (unpaired) electrons. The highest BCUT2D eigenvalue weighted by molar-refractivity contribution is 5.96. The molecule has 0 amide bonds. The van der Waals surface area contributed by atoms with Crippen molar-refractivity contribution < 1.29 is 4.79 Å². The van der Waals surface area contributed by atoms with Crippen LogP contribution in [0, 0.1) is 0 Å². The van der Waals surface area contributed by atoms with E-state index in [4.69, 9.17) is 5.73 Å². The number of rotatable bonds is 2. The van der Waals surface area contributed by atoms with Crippen LogP contribution in [0.15, 0.2) is 30.6 Å². The van der Waals surface area contributed by atoms with Gasteiger partial charge in [0.1, 0.15) is 11.3 Å². The topological polar surface area (TPSA) is 60.4 Å². The molecule has 0 spiro atoms. The van der Waals surface area contributed by atoms with E-state index in [-0.39, 0.29) is 12.3 Å². The third-order valence-corrected chi connectivity index (χ3v) is 1.84. The van der Waals surface area contributed by atoms with Gasteiger partial charge in [-0.1, -0.05) is 6.07 Å². The molecule has 0 unspecified atom stereocenters. The first kappa shape index (κ1) is 7.94. The lowest BCUT2D eigenvalue weighted by molar-refractivity contribution is 0.0997. The van der Waals surface area contributed by atoms with Crippen molar-refractivity contribution in [2.45, 2.75) is 0 Å². The van der Waals surface area contributed by atoms with E-state index in [2.05, 4.69) is 4.98 Å². The van der Waals surface area contributed by atoms with E-state index >= 15 is 0 Å². The first-order chi connectivity index (χ1) is 6.31. The van der Waals surface area contributed by atoms with Crippen molar-refractivity contribution in [2.24, 2.45) is 5.73 Å². The molecule has 13 heavy (non-hydrogen) atoms. The molecule has 2 aromatic heterocycles. The number of hydrogen-bond acceptors (Lipinski definition) is 3. The van der Waals surface area contributed by atoms with E-state index in [1.54, 1.807) is 10.6 Å². The third-order valence-electron chi connectivity index (χ3n) is 1.84. The molecule has 0 saturated carbocycles. The minimum Gasteiger partial charge on any atom is -0.324 e. The van der Waals surface area contributed by atoms with Gasteiger partial charge in [-0.25, -0.2) is 4.98 Å². The van der Waals surface area contributed by atoms with Gasteiger partial charge in [-0.05, 0) is 12.1 Å². The molecular formula is C9H9N3O. The molecule has 66 valence electrons. The molecular weight excluding hydrogens is 166 g/mol. The number of imidazole rings is 1. The van der Waals surface area contributed by atoms with Crippen LogP contribution in [-0.2, 0) is 0 Å². The molecule has 0 aromatic carbocycles. The number of carbonyl (C=O) groups excluding carboxylic acids is 1. The van der Waals surface area contributed by atoms with Crippen LogP contribution in [0.25, 0.3) is 5.65 Å². The standard InChI is InChI=1S/C9H9N3O/c10-5-8(13)7-6-12-4-2-1-3-9(12)11-7/h1-4,6H,5,10H2. The zero-order chi connectivity index (χ0) is 9.26. The molecule has 0 aliphatic rings. The maximum absolute atomic E-state index is 11.2. The van der Waals surface area contributed by atoms with E-state index < -0.39 is 0 Å². The Bertz CT molecular complexity index is 414. The Balaban J connectivity index is 2.56. The average molecular weight is 175 g/mol. The first-order valence-corrected chi connectivity index (χ1v) is 3.98. The fourth-order valence-corrected chi connectivity index (χ4v) is 1.17. The summed E-state index contributed by atoms with van der Waals surface area (Å²) in [7, 11) is 0. The minimum absolute atomic E-state index is 0.00385. The predicted octanol–water partition coefficient (Wildman–Crippen LogP) is 0.476. The molecule has 2 aromatic rings. The number of nitrogens with two attached hydrogens (primary N) is 1. The number of Topliss-reactive ketones (excluding diaryl/α,β-unsaturated/α-hetero) is 1. The maximum Gasteiger partial charge on any atom is 0.196 e. The van der Waals surface area contributed by atoms with Crippen LogP contribution in [-0.4, -0.2) is 21.7 Å². The molecule has 4 nitrogen and oxygen atoms in total. The van der Waals surface area contributed by atoms with Crippen LogP contribution in [0.5, 0.6) is 0 Å². The Labute approximate surface area is 75.0 Å². The van der Waals surface area contributed by atoms with Gasteiger partial charge in [-0.3, -0.25) is 4.79 Å². The molecule has 4 heteroatoms. The van der Waals surface area contributed by atoms with Gasteiger partial charge in [0.25, 0.3) is 0 Å². The van der Waals surface area contributed by atoms with Gasteiger partial charge in [-0.15, -0.1) is 0 Å². The van der Waals surface area contributed by atoms with Crippen molar-refractivity contribution in [3.05, 3.63) is 36.3 Å². The number of carbonyl (C=O) groups is 1. The van der Waals surface area contributed by atoms with Crippen molar-refractivity contribution in [3.8, 4) is 0 Å². The summed E-state index contributed by atoms with van der Waals surface area (Å²) in [6.07, 6.45) is 3.53. The SMILES string of the molecule is NCC(=O)c1cn2ccccc2n1. The van der Waals surface area contributed by atoms with Gasteiger partial charge >= 0.3 is 0 Å². The van der Waals surface area contributed by atoms with Crippen molar-refractivity contribution in [1.29, 1.82) is 0 Å². The lowest BCUT2D eigenvalue weighted by Gasteiger charge is -1.86. The predicted molar refractivity (Wildman–Crippen MR) is 48.6 cm³/mol. The molecule has 0 saturated heterocycles. The van der Waals surface area contributed by atoms with Crippen molar-refractivity contribution in [3.63, 3.8) is 0 Å². The summed E-state index contributed by atoms with van der Waals surface area (Å²) in [5.74, 6) is -0.135. The summed E-state index contributed by atoms with van der Waals surface area (Å²) >= 11 is 0. The van der Waals surface area contributed by atoms with Crippen LogP contribution in [0.2, 0.25) is 0 Å². The highest BCUT2D eigenvalue weighted by Gasteiger charge is 2.07. The lowest BCUT2D eigenvalue weighted by atomic mass is 10.3. The van der Waals surface area contributed by atoms with Crippen molar-refractivity contribution in [2.75, 3.05) is 6.54 Å². The summed E-state index contributed by atoms with van der Waals surface area (Å²) in [6.45, 7) is 0.00385. The highest BCUT2D eigenvalue weighted by Crippen LogP contribution is 2.04. The Morgan fingerprint density at radius 3 is 3.08 bits per heavy atom. The molecule has 0 bridgehead atoms. The molecule has 0 aliphatic heterocycles. The first-order valence-electron chi connectivity index (χ1n) is 3.98. The summed E-state index contributed by atoms with van der Waals surface area (Å²) in [6, 6.07) is 5.59. The van der Waals surface area contributed by atoms with Gasteiger partial charge < -0.3 is 10.1 Å². The van der Waals surface area contributed by atoms with Crippen LogP contribution in [0.4, 0.5) is 0 Å². The fourth-order valence-electron chi connectivity index (χ4n) is 1.17. The molecule has 2 N–H and O–H groups in total. The van der Waals surface area contributed by atoms with E-state index in [1.165, 1.54) is 0 Å². The zero-order valence-electron chi connectivity index (χ0n) is 6.97. The van der Waals surface area contributed by atoms with Gasteiger partial charge in [-0.2, -0.15) is 0 Å². The molecule has 0 aliphatic carbocycles. The van der Waals surface area contributed by atoms with Crippen LogP contribution in [0.3, 0.4) is 0 Å². The second-order valence-electron chi connectivity index (χ2n) is 2.72. The number of fused-ring (bicyclic) bond motifs is 1. The lowest BCUT2D eigenvalue weighted by Crippen LogP contribution is -2.13. The average Bonchev–Trinajstić information content (AvgIpc) is 2.59. The second kappa shape index (κ2) is 2.99. The number of pyridine rings is 1. The summed E-state index contributed by atoms with van der Waals surface area (Å²) in [4.78, 5) is 15.3. The number of ketones is 1. The quantitative estimate of drug-likeness (QED) is 0.675. The van der Waals surface area contributed by atoms with Crippen molar-refractivity contribution >= 4 is 11.4 Å². The Morgan fingerprint density at radius 1 is 1.54 bits per heavy atom. The van der Waals surface area contributed by atoms with Crippen molar-refractivity contribution in [1.82, 2.24) is 9.38 Å². The zero-order valence-corrected chi connectivity index (χ0v) is 6.97. The summed E-state index contributed by atoms with van der Waals surface area (Å²) < 4.78 is 1.79. The van der Waals surface area contributed by atoms with Crippen LogP contribution < -0.4 is 5.73 Å². The summed E-state index contributed by atoms with van der Waals surface area (Å²) in [5.41, 5.74) is 6.42. The van der Waals surface area contributed by atoms with E-state index in [0.717, 1.165) is 5.65 Å². The Kier molecular flexibility index (Phi) is 1.83. The minimum atomic E-state index is -0.135. The molecule has 2 rings (SSSR count). The largest absolute Gasteiger partial charge is 0.324 e. The Morgan fingerprint density at radius 2 is 2.38 bits per heavy atom. The number of hydrogen-bond donors (Lipinski definition) is 1. The van der Waals surface area contributed by atoms with E-state index in [9.17, 15) is 4.79 Å². The van der Waals surface area contributed by atoms with Gasteiger partial charge in [0.05, 0.1) is 6.54 Å². The smallest absolute Gasteiger partial charge is 0.196 e. The number of nitrogens with zero attached hydrogens (tertiary/aromatic N) is 2. The van der Waals surface area contributed by atoms with Crippen LogP contribution in [0.1, 0.15) is 10.5 Å². The van der Waals surface area contributed by atoms with Crippen LogP contribution >= 0.6 is 0 Å². The van der Waals surface area contributed by atoms with E-state index in [1.807, 2.05) is 24.4 Å². The van der Waals surface area contributed by atoms with Gasteiger partial charge in [0, 0.05) is 12.4 Å². The molecule has 0 fully saturated rings. The highest BCUT2D eigenvalue weighted by atomic mass is 16.1. The fraction of sp³-hybridized carbons (Fsp3) is 0.111. The molecule has 2 heterocycles. The maximum atomic E-state index is 11.2. The van der Waals surface area contributed by atoms with E-state index in [0.29, 0.717) is 5.69 Å². The summed E-state index contributed by atoms with van der Waals surface area (Å²) in [5, 5.41) is 0. The Hall–Kier alpha value is -1.68.